The number of aromatic nitrogens is 3. The van der Waals surface area contributed by atoms with Gasteiger partial charge >= 0.3 is 0 Å². The Morgan fingerprint density at radius 2 is 1.76 bits per heavy atom. The van der Waals surface area contributed by atoms with Crippen LogP contribution in [0.2, 0.25) is 0 Å². The smallest absolute Gasteiger partial charge is 0.262 e. The van der Waals surface area contributed by atoms with E-state index in [0.29, 0.717) is 43.4 Å². The van der Waals surface area contributed by atoms with E-state index in [-0.39, 0.29) is 23.9 Å². The van der Waals surface area contributed by atoms with Crippen LogP contribution in [0.15, 0.2) is 53.7 Å². The van der Waals surface area contributed by atoms with Crippen molar-refractivity contribution in [2.45, 2.75) is 70.1 Å². The number of rotatable bonds is 9. The molecule has 0 aliphatic carbocycles. The summed E-state index contributed by atoms with van der Waals surface area (Å²) < 4.78 is 3.60. The second-order valence-electron chi connectivity index (χ2n) is 10.9. The van der Waals surface area contributed by atoms with Crippen LogP contribution < -0.4 is 5.56 Å². The Bertz CT molecular complexity index is 1250. The fraction of sp³-hybridized carbons (Fsp3) is 0.552. The maximum absolute atomic E-state index is 13.2. The van der Waals surface area contributed by atoms with Crippen molar-refractivity contribution in [2.75, 3.05) is 32.7 Å². The lowest BCUT2D eigenvalue weighted by Crippen LogP contribution is -2.49. The van der Waals surface area contributed by atoms with Crippen molar-refractivity contribution in [2.24, 2.45) is 0 Å². The summed E-state index contributed by atoms with van der Waals surface area (Å²) in [5.74, 6) is 0.267. The zero-order valence-corrected chi connectivity index (χ0v) is 21.9. The molecule has 5 rings (SSSR count). The number of carbonyl (C=O) groups excluding carboxylic acids is 1. The predicted octanol–water partition coefficient (Wildman–Crippen LogP) is 3.23. The first kappa shape index (κ1) is 25.7. The van der Waals surface area contributed by atoms with Gasteiger partial charge in [0.15, 0.2) is 0 Å². The molecule has 2 aliphatic rings. The fourth-order valence-corrected chi connectivity index (χ4v) is 5.81. The summed E-state index contributed by atoms with van der Waals surface area (Å²) in [6, 6.07) is 11.9. The first-order chi connectivity index (χ1) is 17.9. The van der Waals surface area contributed by atoms with Crippen molar-refractivity contribution in [1.29, 1.82) is 0 Å². The molecule has 1 amide bonds. The molecule has 37 heavy (non-hydrogen) atoms. The summed E-state index contributed by atoms with van der Waals surface area (Å²) in [5.41, 5.74) is 0.723. The number of benzene rings is 1. The second-order valence-corrected chi connectivity index (χ2v) is 10.9. The summed E-state index contributed by atoms with van der Waals surface area (Å²) in [7, 11) is 0. The lowest BCUT2D eigenvalue weighted by Gasteiger charge is -2.38. The highest BCUT2D eigenvalue weighted by Gasteiger charge is 2.35. The van der Waals surface area contributed by atoms with Crippen LogP contribution in [0, 0.1) is 0 Å². The Morgan fingerprint density at radius 1 is 1.03 bits per heavy atom. The van der Waals surface area contributed by atoms with Crippen molar-refractivity contribution in [1.82, 2.24) is 23.9 Å². The van der Waals surface area contributed by atoms with E-state index < -0.39 is 5.60 Å². The number of carbonyl (C=O) groups is 1. The van der Waals surface area contributed by atoms with E-state index in [1.807, 2.05) is 35.4 Å². The quantitative estimate of drug-likeness (QED) is 0.483. The predicted molar refractivity (Wildman–Crippen MR) is 145 cm³/mol. The third-order valence-electron chi connectivity index (χ3n) is 8.18. The topological polar surface area (TPSA) is 83.6 Å². The van der Waals surface area contributed by atoms with Crippen molar-refractivity contribution in [3.63, 3.8) is 0 Å². The van der Waals surface area contributed by atoms with Gasteiger partial charge in [-0.15, -0.1) is 0 Å². The molecular formula is C29H39N5O3. The Morgan fingerprint density at radius 3 is 2.49 bits per heavy atom. The van der Waals surface area contributed by atoms with Gasteiger partial charge in [-0.05, 0) is 69.3 Å². The standard InChI is InChI=1S/C29H39N5O3/c1-23(24-8-3-2-4-9-24)20-26(35)32-18-11-29(37,12-19-32)21-34-22-30-27-25(28(34)36)10-17-33(27)16-7-15-31-13-5-6-14-31/h2-4,8-10,17,22-23,37H,5-7,11-16,18-21H2,1H3/t23-/m1/s1. The molecule has 4 heterocycles. The van der Waals surface area contributed by atoms with E-state index >= 15 is 0 Å². The molecule has 2 fully saturated rings. The third-order valence-corrected chi connectivity index (χ3v) is 8.18. The van der Waals surface area contributed by atoms with Crippen LogP contribution in [0.3, 0.4) is 0 Å². The van der Waals surface area contributed by atoms with Gasteiger partial charge in [0.05, 0.1) is 17.5 Å². The molecule has 0 bridgehead atoms. The fourth-order valence-electron chi connectivity index (χ4n) is 5.81. The van der Waals surface area contributed by atoms with Gasteiger partial charge < -0.3 is 19.5 Å². The molecule has 2 aliphatic heterocycles. The average molecular weight is 506 g/mol. The van der Waals surface area contributed by atoms with Crippen molar-refractivity contribution >= 4 is 16.9 Å². The summed E-state index contributed by atoms with van der Waals surface area (Å²) in [6.45, 7) is 7.56. The number of piperidine rings is 1. The number of aryl methyl sites for hydroxylation is 1. The van der Waals surface area contributed by atoms with E-state index in [2.05, 4.69) is 33.5 Å². The van der Waals surface area contributed by atoms with E-state index in [4.69, 9.17) is 0 Å². The van der Waals surface area contributed by atoms with Crippen LogP contribution in [0.1, 0.15) is 56.9 Å². The molecular weight excluding hydrogens is 466 g/mol. The molecule has 8 nitrogen and oxygen atoms in total. The van der Waals surface area contributed by atoms with Crippen molar-refractivity contribution < 1.29 is 9.90 Å². The Balaban J connectivity index is 1.16. The first-order valence-electron chi connectivity index (χ1n) is 13.7. The van der Waals surface area contributed by atoms with Crippen LogP contribution in [0.4, 0.5) is 0 Å². The van der Waals surface area contributed by atoms with Gasteiger partial charge in [-0.3, -0.25) is 14.2 Å². The Hall–Kier alpha value is -2.97. The highest BCUT2D eigenvalue weighted by atomic mass is 16.3. The molecule has 0 radical (unpaired) electrons. The van der Waals surface area contributed by atoms with Crippen LogP contribution in [-0.2, 0) is 17.9 Å². The highest BCUT2D eigenvalue weighted by molar-refractivity contribution is 5.77. The van der Waals surface area contributed by atoms with Crippen LogP contribution >= 0.6 is 0 Å². The normalized spacial score (nSPS) is 18.9. The second kappa shape index (κ2) is 11.2. The SMILES string of the molecule is C[C@H](CC(=O)N1CCC(O)(Cn2cnc3c(ccn3CCCN3CCCC3)c2=O)CC1)c1ccccc1. The van der Waals surface area contributed by atoms with Gasteiger partial charge in [-0.1, -0.05) is 37.3 Å². The summed E-state index contributed by atoms with van der Waals surface area (Å²) in [5, 5.41) is 11.9. The van der Waals surface area contributed by atoms with Gasteiger partial charge in [0, 0.05) is 32.3 Å². The van der Waals surface area contributed by atoms with Gasteiger partial charge in [-0.2, -0.15) is 0 Å². The lowest BCUT2D eigenvalue weighted by atomic mass is 9.90. The molecule has 0 spiro atoms. The number of aliphatic hydroxyl groups is 1. The molecule has 0 saturated carbocycles. The monoisotopic (exact) mass is 505 g/mol. The van der Waals surface area contributed by atoms with Crippen LogP contribution in [0.5, 0.6) is 0 Å². The zero-order chi connectivity index (χ0) is 25.8. The summed E-state index contributed by atoms with van der Waals surface area (Å²) >= 11 is 0. The maximum atomic E-state index is 13.2. The highest BCUT2D eigenvalue weighted by Crippen LogP contribution is 2.26. The zero-order valence-electron chi connectivity index (χ0n) is 21.9. The van der Waals surface area contributed by atoms with Crippen LogP contribution in [-0.4, -0.2) is 73.3 Å². The number of amides is 1. The van der Waals surface area contributed by atoms with E-state index in [9.17, 15) is 14.7 Å². The third kappa shape index (κ3) is 5.96. The molecule has 8 heteroatoms. The van der Waals surface area contributed by atoms with Crippen molar-refractivity contribution in [3.8, 4) is 0 Å². The largest absolute Gasteiger partial charge is 0.388 e. The van der Waals surface area contributed by atoms with E-state index in [1.54, 1.807) is 6.33 Å². The van der Waals surface area contributed by atoms with Crippen molar-refractivity contribution in [3.05, 3.63) is 64.8 Å². The maximum Gasteiger partial charge on any atom is 0.262 e. The number of hydrogen-bond acceptors (Lipinski definition) is 5. The van der Waals surface area contributed by atoms with E-state index in [1.165, 1.54) is 30.5 Å². The summed E-state index contributed by atoms with van der Waals surface area (Å²) in [4.78, 5) is 35.0. The molecule has 2 aromatic heterocycles. The molecule has 0 unspecified atom stereocenters. The lowest BCUT2D eigenvalue weighted by molar-refractivity contribution is -0.136. The molecule has 1 aromatic carbocycles. The minimum absolute atomic E-state index is 0.115. The van der Waals surface area contributed by atoms with Gasteiger partial charge in [0.2, 0.25) is 5.91 Å². The van der Waals surface area contributed by atoms with Crippen LogP contribution in [0.25, 0.3) is 11.0 Å². The molecule has 1 N–H and O–H groups in total. The first-order valence-corrected chi connectivity index (χ1v) is 13.7. The average Bonchev–Trinajstić information content (AvgIpc) is 3.57. The Kier molecular flexibility index (Phi) is 7.76. The molecule has 3 aromatic rings. The molecule has 198 valence electrons. The molecule has 2 saturated heterocycles. The van der Waals surface area contributed by atoms with E-state index in [0.717, 1.165) is 25.1 Å². The van der Waals surface area contributed by atoms with Gasteiger partial charge in [-0.25, -0.2) is 4.98 Å². The number of likely N-dealkylation sites (tertiary alicyclic amines) is 2. The number of nitrogens with zero attached hydrogens (tertiary/aromatic N) is 5. The number of fused-ring (bicyclic) bond motifs is 1. The summed E-state index contributed by atoms with van der Waals surface area (Å²) in [6.07, 6.45) is 8.48. The van der Waals surface area contributed by atoms with Gasteiger partial charge in [0.25, 0.3) is 5.56 Å². The number of hydrogen-bond donors (Lipinski definition) is 1. The molecule has 1 atom stereocenters. The Labute approximate surface area is 218 Å². The minimum atomic E-state index is -1.03. The van der Waals surface area contributed by atoms with Gasteiger partial charge in [0.1, 0.15) is 12.0 Å². The minimum Gasteiger partial charge on any atom is -0.388 e.